The van der Waals surface area contributed by atoms with E-state index in [-0.39, 0.29) is 0 Å². The molecule has 5 heteroatoms. The summed E-state index contributed by atoms with van der Waals surface area (Å²) in [5.41, 5.74) is 9.89. The van der Waals surface area contributed by atoms with Gasteiger partial charge in [0, 0.05) is 24.2 Å². The number of hydrogen-bond donors (Lipinski definition) is 1. The van der Waals surface area contributed by atoms with E-state index in [1.807, 2.05) is 24.5 Å². The third kappa shape index (κ3) is 2.20. The molecule has 0 atom stereocenters. The van der Waals surface area contributed by atoms with Gasteiger partial charge in [-0.3, -0.25) is 4.98 Å². The molecule has 3 aromatic rings. The van der Waals surface area contributed by atoms with Crippen LogP contribution in [0, 0.1) is 0 Å². The first kappa shape index (κ1) is 11.8. The number of hydrogen-bond acceptors (Lipinski definition) is 4. The molecule has 0 radical (unpaired) electrons. The smallest absolute Gasteiger partial charge is 0.163 e. The highest BCUT2D eigenvalue weighted by Gasteiger charge is 2.09. The lowest BCUT2D eigenvalue weighted by atomic mass is 9.99. The zero-order chi connectivity index (χ0) is 13.1. The molecule has 3 heterocycles. The van der Waals surface area contributed by atoms with Crippen LogP contribution < -0.4 is 5.73 Å². The predicted octanol–water partition coefficient (Wildman–Crippen LogP) is 1.68. The van der Waals surface area contributed by atoms with Crippen LogP contribution in [0.15, 0.2) is 43.1 Å². The Bertz CT molecular complexity index is 689. The number of nitrogens with zero attached hydrogens (tertiary/aromatic N) is 4. The topological polar surface area (TPSA) is 69.1 Å². The van der Waals surface area contributed by atoms with Crippen LogP contribution in [0.5, 0.6) is 0 Å². The van der Waals surface area contributed by atoms with Crippen molar-refractivity contribution in [3.63, 3.8) is 0 Å². The summed E-state index contributed by atoms with van der Waals surface area (Å²) in [5.74, 6) is 0. The Kier molecular flexibility index (Phi) is 3.20. The predicted molar refractivity (Wildman–Crippen MR) is 73.6 cm³/mol. The van der Waals surface area contributed by atoms with Crippen LogP contribution in [0.25, 0.3) is 16.8 Å². The molecule has 0 aliphatic carbocycles. The van der Waals surface area contributed by atoms with Gasteiger partial charge in [-0.2, -0.15) is 5.10 Å². The average molecular weight is 253 g/mol. The standard InChI is InChI=1S/C14H15N5/c15-6-1-3-11-9-16-7-5-12(11)13-4-2-8-19-14(13)17-10-18-19/h2,4-5,7-10H,1,3,6,15H2. The number of rotatable bonds is 4. The van der Waals surface area contributed by atoms with Crippen LogP contribution >= 0.6 is 0 Å². The van der Waals surface area contributed by atoms with E-state index in [2.05, 4.69) is 21.1 Å². The maximum Gasteiger partial charge on any atom is 0.163 e. The maximum atomic E-state index is 5.59. The van der Waals surface area contributed by atoms with Crippen molar-refractivity contribution in [3.8, 4) is 11.1 Å². The molecular formula is C14H15N5. The maximum absolute atomic E-state index is 5.59. The van der Waals surface area contributed by atoms with Gasteiger partial charge in [0.15, 0.2) is 5.65 Å². The van der Waals surface area contributed by atoms with Crippen LogP contribution in [-0.4, -0.2) is 26.1 Å². The van der Waals surface area contributed by atoms with Crippen molar-refractivity contribution in [2.45, 2.75) is 12.8 Å². The van der Waals surface area contributed by atoms with E-state index < -0.39 is 0 Å². The Morgan fingerprint density at radius 2 is 2.16 bits per heavy atom. The molecule has 3 aromatic heterocycles. The van der Waals surface area contributed by atoms with E-state index >= 15 is 0 Å². The summed E-state index contributed by atoms with van der Waals surface area (Å²) >= 11 is 0. The van der Waals surface area contributed by atoms with Gasteiger partial charge >= 0.3 is 0 Å². The van der Waals surface area contributed by atoms with Crippen molar-refractivity contribution in [3.05, 3.63) is 48.7 Å². The van der Waals surface area contributed by atoms with Gasteiger partial charge < -0.3 is 5.73 Å². The molecule has 0 saturated carbocycles. The van der Waals surface area contributed by atoms with E-state index in [4.69, 9.17) is 5.73 Å². The summed E-state index contributed by atoms with van der Waals surface area (Å²) in [4.78, 5) is 8.53. The second-order valence-corrected chi connectivity index (χ2v) is 4.38. The first-order chi connectivity index (χ1) is 9.40. The molecular weight excluding hydrogens is 238 g/mol. The van der Waals surface area contributed by atoms with E-state index in [1.165, 1.54) is 5.56 Å². The minimum absolute atomic E-state index is 0.684. The highest BCUT2D eigenvalue weighted by Crippen LogP contribution is 2.26. The number of aromatic nitrogens is 4. The van der Waals surface area contributed by atoms with Crippen molar-refractivity contribution >= 4 is 5.65 Å². The highest BCUT2D eigenvalue weighted by atomic mass is 15.3. The Hall–Kier alpha value is -2.27. The average Bonchev–Trinajstić information content (AvgIpc) is 2.94. The minimum Gasteiger partial charge on any atom is -0.330 e. The minimum atomic E-state index is 0.684. The van der Waals surface area contributed by atoms with Crippen LogP contribution in [0.4, 0.5) is 0 Å². The zero-order valence-corrected chi connectivity index (χ0v) is 10.5. The number of fused-ring (bicyclic) bond motifs is 1. The lowest BCUT2D eigenvalue weighted by molar-refractivity contribution is 0.830. The second-order valence-electron chi connectivity index (χ2n) is 4.38. The fourth-order valence-electron chi connectivity index (χ4n) is 2.24. The van der Waals surface area contributed by atoms with Crippen molar-refractivity contribution in [1.29, 1.82) is 0 Å². The zero-order valence-electron chi connectivity index (χ0n) is 10.5. The van der Waals surface area contributed by atoms with E-state index in [1.54, 1.807) is 17.0 Å². The van der Waals surface area contributed by atoms with E-state index in [0.29, 0.717) is 6.54 Å². The summed E-state index contributed by atoms with van der Waals surface area (Å²) in [6.07, 6.45) is 9.06. The third-order valence-electron chi connectivity index (χ3n) is 3.15. The molecule has 0 spiro atoms. The number of aryl methyl sites for hydroxylation is 1. The Morgan fingerprint density at radius 1 is 1.21 bits per heavy atom. The van der Waals surface area contributed by atoms with E-state index in [9.17, 15) is 0 Å². The molecule has 5 nitrogen and oxygen atoms in total. The van der Waals surface area contributed by atoms with Crippen LogP contribution in [0.1, 0.15) is 12.0 Å². The summed E-state index contributed by atoms with van der Waals surface area (Å²) < 4.78 is 1.78. The van der Waals surface area contributed by atoms with Gasteiger partial charge in [0.1, 0.15) is 6.33 Å². The summed E-state index contributed by atoms with van der Waals surface area (Å²) in [6, 6.07) is 6.06. The molecule has 0 bridgehead atoms. The van der Waals surface area contributed by atoms with Crippen LogP contribution in [-0.2, 0) is 6.42 Å². The van der Waals surface area contributed by atoms with Gasteiger partial charge in [-0.05, 0) is 48.7 Å². The Labute approximate surface area is 111 Å². The highest BCUT2D eigenvalue weighted by molar-refractivity contribution is 5.78. The molecule has 0 saturated heterocycles. The molecule has 3 rings (SSSR count). The van der Waals surface area contributed by atoms with E-state index in [0.717, 1.165) is 29.6 Å². The van der Waals surface area contributed by atoms with Gasteiger partial charge in [-0.15, -0.1) is 0 Å². The lowest BCUT2D eigenvalue weighted by Crippen LogP contribution is -2.02. The summed E-state index contributed by atoms with van der Waals surface area (Å²) in [5, 5.41) is 4.17. The normalized spacial score (nSPS) is 11.0. The van der Waals surface area contributed by atoms with Gasteiger partial charge in [0.05, 0.1) is 0 Å². The molecule has 0 aromatic carbocycles. The van der Waals surface area contributed by atoms with Gasteiger partial charge in [-0.1, -0.05) is 0 Å². The number of nitrogens with two attached hydrogens (primary N) is 1. The summed E-state index contributed by atoms with van der Waals surface area (Å²) in [7, 11) is 0. The van der Waals surface area contributed by atoms with Gasteiger partial charge in [0.25, 0.3) is 0 Å². The lowest BCUT2D eigenvalue weighted by Gasteiger charge is -2.09. The fourth-order valence-corrected chi connectivity index (χ4v) is 2.24. The van der Waals surface area contributed by atoms with Crippen LogP contribution in [0.2, 0.25) is 0 Å². The monoisotopic (exact) mass is 253 g/mol. The molecule has 0 amide bonds. The molecule has 19 heavy (non-hydrogen) atoms. The Balaban J connectivity index is 2.13. The fraction of sp³-hybridized carbons (Fsp3) is 0.214. The number of pyridine rings is 2. The quantitative estimate of drug-likeness (QED) is 0.768. The molecule has 0 unspecified atom stereocenters. The first-order valence-electron chi connectivity index (χ1n) is 6.32. The van der Waals surface area contributed by atoms with Gasteiger partial charge in [0.2, 0.25) is 0 Å². The SMILES string of the molecule is NCCCc1cnccc1-c1cccn2ncnc12. The third-order valence-corrected chi connectivity index (χ3v) is 3.15. The molecule has 0 aliphatic rings. The second kappa shape index (κ2) is 5.16. The molecule has 0 fully saturated rings. The van der Waals surface area contributed by atoms with Crippen molar-refractivity contribution in [2.24, 2.45) is 5.73 Å². The Morgan fingerprint density at radius 3 is 3.05 bits per heavy atom. The van der Waals surface area contributed by atoms with Gasteiger partial charge in [-0.25, -0.2) is 9.50 Å². The van der Waals surface area contributed by atoms with Crippen molar-refractivity contribution in [2.75, 3.05) is 6.54 Å². The molecule has 96 valence electrons. The first-order valence-corrected chi connectivity index (χ1v) is 6.32. The molecule has 2 N–H and O–H groups in total. The summed E-state index contributed by atoms with van der Waals surface area (Å²) in [6.45, 7) is 0.684. The van der Waals surface area contributed by atoms with Crippen molar-refractivity contribution < 1.29 is 0 Å². The largest absolute Gasteiger partial charge is 0.330 e. The molecule has 0 aliphatic heterocycles. The van der Waals surface area contributed by atoms with Crippen LogP contribution in [0.3, 0.4) is 0 Å². The van der Waals surface area contributed by atoms with Crippen molar-refractivity contribution in [1.82, 2.24) is 19.6 Å².